The Morgan fingerprint density at radius 2 is 2.40 bits per heavy atom. The number of aromatic carboxylic acids is 1. The molecule has 0 aromatic heterocycles. The minimum absolute atomic E-state index is 0.203. The van der Waals surface area contributed by atoms with Crippen molar-refractivity contribution in [1.29, 1.82) is 0 Å². The predicted molar refractivity (Wildman–Crippen MR) is 51.8 cm³/mol. The Labute approximate surface area is 86.5 Å². The largest absolute Gasteiger partial charge is 0.478 e. The van der Waals surface area contributed by atoms with Gasteiger partial charge < -0.3 is 9.84 Å². The number of hydrogen-bond donors (Lipinski definition) is 1. The Kier molecular flexibility index (Phi) is 2.68. The number of rotatable bonds is 2. The van der Waals surface area contributed by atoms with Crippen LogP contribution in [-0.4, -0.2) is 24.4 Å². The Morgan fingerprint density at radius 1 is 1.60 bits per heavy atom. The molecule has 80 valence electrons. The Hall–Kier alpha value is -1.42. The first kappa shape index (κ1) is 10.1. The zero-order valence-corrected chi connectivity index (χ0v) is 8.07. The van der Waals surface area contributed by atoms with Gasteiger partial charge in [0, 0.05) is 5.92 Å². The molecule has 0 amide bonds. The molecule has 0 spiro atoms. The van der Waals surface area contributed by atoms with Crippen LogP contribution in [0.2, 0.25) is 0 Å². The lowest BCUT2D eigenvalue weighted by molar-refractivity contribution is 0.0693. The molecule has 0 fully saturated rings. The molecule has 0 unspecified atom stereocenters. The highest BCUT2D eigenvalue weighted by Gasteiger charge is 2.21. The minimum Gasteiger partial charge on any atom is -0.478 e. The molecule has 0 radical (unpaired) electrons. The molecule has 0 aliphatic carbocycles. The lowest BCUT2D eigenvalue weighted by Gasteiger charge is -2.23. The second-order valence-corrected chi connectivity index (χ2v) is 3.59. The van der Waals surface area contributed by atoms with E-state index in [1.54, 1.807) is 12.1 Å². The Morgan fingerprint density at radius 3 is 3.07 bits per heavy atom. The van der Waals surface area contributed by atoms with Crippen LogP contribution in [0.4, 0.5) is 4.39 Å². The van der Waals surface area contributed by atoms with Crippen LogP contribution < -0.4 is 0 Å². The third-order valence-electron chi connectivity index (χ3n) is 2.60. The summed E-state index contributed by atoms with van der Waals surface area (Å²) in [7, 11) is 0. The van der Waals surface area contributed by atoms with Crippen LogP contribution in [0.25, 0.3) is 0 Å². The number of hydrogen-bond acceptors (Lipinski definition) is 2. The number of alkyl halides is 1. The molecule has 0 bridgehead atoms. The lowest BCUT2D eigenvalue weighted by atomic mass is 9.92. The van der Waals surface area contributed by atoms with Crippen molar-refractivity contribution in [1.82, 2.24) is 0 Å². The zero-order chi connectivity index (χ0) is 10.8. The van der Waals surface area contributed by atoms with E-state index in [1.807, 2.05) is 0 Å². The van der Waals surface area contributed by atoms with Crippen LogP contribution in [0.3, 0.4) is 0 Å². The molecule has 1 aromatic rings. The quantitative estimate of drug-likeness (QED) is 0.811. The van der Waals surface area contributed by atoms with Crippen LogP contribution in [0.1, 0.15) is 27.4 Å². The van der Waals surface area contributed by atoms with E-state index in [2.05, 4.69) is 0 Å². The third kappa shape index (κ3) is 1.85. The summed E-state index contributed by atoms with van der Waals surface area (Å²) < 4.78 is 17.9. The monoisotopic (exact) mass is 210 g/mol. The molecule has 1 aromatic carbocycles. The highest BCUT2D eigenvalue weighted by atomic mass is 19.1. The van der Waals surface area contributed by atoms with Crippen molar-refractivity contribution in [2.45, 2.75) is 12.5 Å². The van der Waals surface area contributed by atoms with Gasteiger partial charge in [-0.05, 0) is 23.3 Å². The maximum Gasteiger partial charge on any atom is 0.335 e. The van der Waals surface area contributed by atoms with Gasteiger partial charge in [0.25, 0.3) is 0 Å². The number of carbonyl (C=O) groups is 1. The summed E-state index contributed by atoms with van der Waals surface area (Å²) in [6, 6.07) is 4.76. The van der Waals surface area contributed by atoms with Crippen molar-refractivity contribution in [2.24, 2.45) is 0 Å². The van der Waals surface area contributed by atoms with E-state index >= 15 is 0 Å². The van der Waals surface area contributed by atoms with E-state index in [0.717, 1.165) is 11.1 Å². The molecule has 15 heavy (non-hydrogen) atoms. The summed E-state index contributed by atoms with van der Waals surface area (Å²) in [5.74, 6) is -1.31. The first-order valence-corrected chi connectivity index (χ1v) is 4.72. The molecule has 1 atom stereocenters. The topological polar surface area (TPSA) is 46.5 Å². The van der Waals surface area contributed by atoms with Crippen LogP contribution >= 0.6 is 0 Å². The van der Waals surface area contributed by atoms with Gasteiger partial charge in [-0.25, -0.2) is 4.79 Å². The van der Waals surface area contributed by atoms with E-state index in [-0.39, 0.29) is 11.5 Å². The molecular formula is C11H11FO3. The molecule has 3 nitrogen and oxygen atoms in total. The van der Waals surface area contributed by atoms with Crippen LogP contribution in [0, 0.1) is 0 Å². The second kappa shape index (κ2) is 3.98. The summed E-state index contributed by atoms with van der Waals surface area (Å²) in [6.07, 6.45) is 0. The van der Waals surface area contributed by atoms with Gasteiger partial charge in [0.2, 0.25) is 0 Å². The minimum atomic E-state index is -0.984. The van der Waals surface area contributed by atoms with Gasteiger partial charge in [-0.15, -0.1) is 0 Å². The van der Waals surface area contributed by atoms with Crippen LogP contribution in [0.15, 0.2) is 18.2 Å². The van der Waals surface area contributed by atoms with Crippen molar-refractivity contribution in [3.63, 3.8) is 0 Å². The van der Waals surface area contributed by atoms with Crippen LogP contribution in [0.5, 0.6) is 0 Å². The molecule has 4 heteroatoms. The smallest absolute Gasteiger partial charge is 0.335 e. The van der Waals surface area contributed by atoms with Gasteiger partial charge in [0.15, 0.2) is 0 Å². The zero-order valence-electron chi connectivity index (χ0n) is 8.07. The average Bonchev–Trinajstić information content (AvgIpc) is 2.27. The van der Waals surface area contributed by atoms with Crippen molar-refractivity contribution >= 4 is 5.97 Å². The van der Waals surface area contributed by atoms with E-state index in [9.17, 15) is 9.18 Å². The molecule has 1 aliphatic heterocycles. The summed E-state index contributed by atoms with van der Waals surface area (Å²) in [5, 5.41) is 8.82. The molecule has 1 aliphatic rings. The standard InChI is InChI=1S/C11H11FO3/c12-4-9-6-15-5-8-2-1-7(11(13)14)3-10(8)9/h1-3,9H,4-6H2,(H,13,14)/t9-/m1/s1. The fourth-order valence-electron chi connectivity index (χ4n) is 1.77. The number of fused-ring (bicyclic) bond motifs is 1. The third-order valence-corrected chi connectivity index (χ3v) is 2.60. The average molecular weight is 210 g/mol. The normalized spacial score (nSPS) is 19.7. The Balaban J connectivity index is 2.43. The molecule has 0 saturated heterocycles. The Bertz CT molecular complexity index is 389. The maximum absolute atomic E-state index is 12.7. The maximum atomic E-state index is 12.7. The van der Waals surface area contributed by atoms with E-state index in [4.69, 9.17) is 9.84 Å². The SMILES string of the molecule is O=C(O)c1ccc2c(c1)[C@H](CF)COC2. The summed E-state index contributed by atoms with van der Waals surface area (Å²) >= 11 is 0. The van der Waals surface area contributed by atoms with Crippen molar-refractivity contribution in [3.05, 3.63) is 34.9 Å². The molecule has 1 heterocycles. The van der Waals surface area contributed by atoms with Crippen LogP contribution in [-0.2, 0) is 11.3 Å². The van der Waals surface area contributed by atoms with Gasteiger partial charge >= 0.3 is 5.97 Å². The second-order valence-electron chi connectivity index (χ2n) is 3.59. The first-order valence-electron chi connectivity index (χ1n) is 4.72. The van der Waals surface area contributed by atoms with Gasteiger partial charge in [0.1, 0.15) is 0 Å². The van der Waals surface area contributed by atoms with Gasteiger partial charge in [-0.3, -0.25) is 4.39 Å². The van der Waals surface area contributed by atoms with Gasteiger partial charge in [0.05, 0.1) is 25.5 Å². The highest BCUT2D eigenvalue weighted by Crippen LogP contribution is 2.27. The number of benzene rings is 1. The van der Waals surface area contributed by atoms with E-state index in [1.165, 1.54) is 6.07 Å². The van der Waals surface area contributed by atoms with Gasteiger partial charge in [-0.2, -0.15) is 0 Å². The number of carboxylic acid groups (broad SMARTS) is 1. The lowest BCUT2D eigenvalue weighted by Crippen LogP contribution is -2.19. The number of carboxylic acids is 1. The fraction of sp³-hybridized carbons (Fsp3) is 0.364. The summed E-state index contributed by atoms with van der Waals surface area (Å²) in [5.41, 5.74) is 1.85. The fourth-order valence-corrected chi connectivity index (χ4v) is 1.77. The first-order chi connectivity index (χ1) is 7.22. The van der Waals surface area contributed by atoms with Gasteiger partial charge in [-0.1, -0.05) is 6.07 Å². The molecule has 1 N–H and O–H groups in total. The number of halogens is 1. The van der Waals surface area contributed by atoms with Crippen molar-refractivity contribution in [3.8, 4) is 0 Å². The number of ether oxygens (including phenoxy) is 1. The van der Waals surface area contributed by atoms with E-state index in [0.29, 0.717) is 13.2 Å². The molecular weight excluding hydrogens is 199 g/mol. The summed E-state index contributed by atoms with van der Waals surface area (Å²) in [6.45, 7) is 0.244. The predicted octanol–water partition coefficient (Wildman–Crippen LogP) is 1.97. The highest BCUT2D eigenvalue weighted by molar-refractivity contribution is 5.88. The molecule has 2 rings (SSSR count). The van der Waals surface area contributed by atoms with Crippen molar-refractivity contribution in [2.75, 3.05) is 13.3 Å². The molecule has 0 saturated carbocycles. The van der Waals surface area contributed by atoms with E-state index < -0.39 is 12.6 Å². The van der Waals surface area contributed by atoms with Crippen molar-refractivity contribution < 1.29 is 19.0 Å². The summed E-state index contributed by atoms with van der Waals surface area (Å²) in [4.78, 5) is 10.8.